The summed E-state index contributed by atoms with van der Waals surface area (Å²) in [5.74, 6) is -0.327. The molecule has 2 rings (SSSR count). The third-order valence-electron chi connectivity index (χ3n) is 2.44. The molecule has 0 saturated carbocycles. The number of hydrogen-bond acceptors (Lipinski definition) is 4. The Labute approximate surface area is 111 Å². The molecule has 0 N–H and O–H groups in total. The molecular formula is C14H12N2O3. The van der Waals surface area contributed by atoms with Crippen LogP contribution in [0.5, 0.6) is 0 Å². The molecule has 0 atom stereocenters. The molecule has 0 bridgehead atoms. The number of terminal acetylenes is 1. The first-order chi connectivity index (χ1) is 9.11. The number of carbonyl (C=O) groups excluding carboxylic acids is 1. The summed E-state index contributed by atoms with van der Waals surface area (Å²) >= 11 is 0. The van der Waals surface area contributed by atoms with Gasteiger partial charge in [-0.05, 0) is 24.6 Å². The van der Waals surface area contributed by atoms with E-state index in [0.717, 1.165) is 5.56 Å². The predicted octanol–water partition coefficient (Wildman–Crippen LogP) is 1.53. The van der Waals surface area contributed by atoms with E-state index in [0.29, 0.717) is 5.82 Å². The fourth-order valence-corrected chi connectivity index (χ4v) is 1.56. The molecule has 0 aliphatic heterocycles. The second-order valence-electron chi connectivity index (χ2n) is 3.82. The minimum absolute atomic E-state index is 0. The zero-order chi connectivity index (χ0) is 13.8. The van der Waals surface area contributed by atoms with Crippen LogP contribution >= 0.6 is 0 Å². The summed E-state index contributed by atoms with van der Waals surface area (Å²) in [7, 11) is 0. The average Bonchev–Trinajstić information content (AvgIpc) is 2.42. The van der Waals surface area contributed by atoms with Crippen LogP contribution in [0.15, 0.2) is 41.5 Å². The Kier molecular flexibility index (Phi) is 3.44. The van der Waals surface area contributed by atoms with E-state index in [-0.39, 0.29) is 12.5 Å². The second-order valence-corrected chi connectivity index (χ2v) is 3.82. The maximum Gasteiger partial charge on any atom is 0.352 e. The van der Waals surface area contributed by atoms with Crippen molar-refractivity contribution in [3.05, 3.63) is 58.1 Å². The molecule has 2 aromatic heterocycles. The molecule has 19 heavy (non-hydrogen) atoms. The lowest BCUT2D eigenvalue weighted by molar-refractivity contribution is 0.0691. The van der Waals surface area contributed by atoms with Crippen molar-refractivity contribution < 1.29 is 11.0 Å². The lowest BCUT2D eigenvalue weighted by Crippen LogP contribution is -2.18. The fraction of sp³-hybridized carbons (Fsp3) is 0.0714. The summed E-state index contributed by atoms with van der Waals surface area (Å²) in [6.45, 7) is 1.85. The van der Waals surface area contributed by atoms with Crippen LogP contribution in [0.1, 0.15) is 17.3 Å². The minimum atomic E-state index is -0.660. The van der Waals surface area contributed by atoms with Crippen molar-refractivity contribution in [1.29, 1.82) is 0 Å². The Morgan fingerprint density at radius 2 is 2.26 bits per heavy atom. The standard InChI is InChI=1S/C14H10N2O3.H2/c1-3-19-14(18)11-6-7-15-12(8-11)16-9-10(2)4-5-13(16)17;/h1,4-9H,2H3;1H. The average molecular weight is 256 g/mol. The van der Waals surface area contributed by atoms with Gasteiger partial charge in [0.1, 0.15) is 11.9 Å². The van der Waals surface area contributed by atoms with E-state index in [9.17, 15) is 9.59 Å². The molecule has 0 saturated heterocycles. The topological polar surface area (TPSA) is 61.2 Å². The van der Waals surface area contributed by atoms with E-state index in [1.54, 1.807) is 12.3 Å². The van der Waals surface area contributed by atoms with Crippen molar-refractivity contribution in [2.24, 2.45) is 0 Å². The van der Waals surface area contributed by atoms with Gasteiger partial charge in [0.25, 0.3) is 5.56 Å². The van der Waals surface area contributed by atoms with Crippen molar-refractivity contribution in [2.45, 2.75) is 6.92 Å². The maximum absolute atomic E-state index is 11.8. The van der Waals surface area contributed by atoms with E-state index in [1.165, 1.54) is 29.0 Å². The number of rotatable bonds is 2. The highest BCUT2D eigenvalue weighted by Gasteiger charge is 2.09. The molecule has 0 fully saturated rings. The Balaban J connectivity index is 0.00000200. The predicted molar refractivity (Wildman–Crippen MR) is 70.9 cm³/mol. The molecule has 0 aliphatic rings. The first-order valence-corrected chi connectivity index (χ1v) is 5.44. The number of aromatic nitrogens is 2. The highest BCUT2D eigenvalue weighted by Crippen LogP contribution is 2.07. The quantitative estimate of drug-likeness (QED) is 0.604. The van der Waals surface area contributed by atoms with Crippen LogP contribution in [-0.2, 0) is 4.74 Å². The van der Waals surface area contributed by atoms with E-state index in [2.05, 4.69) is 9.72 Å². The summed E-state index contributed by atoms with van der Waals surface area (Å²) in [5, 5.41) is 0. The third kappa shape index (κ3) is 2.69. The van der Waals surface area contributed by atoms with Gasteiger partial charge in [-0.25, -0.2) is 9.78 Å². The van der Waals surface area contributed by atoms with Gasteiger partial charge in [0, 0.05) is 19.9 Å². The number of hydrogen-bond donors (Lipinski definition) is 0. The highest BCUT2D eigenvalue weighted by atomic mass is 16.5. The molecule has 0 aromatic carbocycles. The molecule has 96 valence electrons. The van der Waals surface area contributed by atoms with Crippen molar-refractivity contribution in [3.63, 3.8) is 0 Å². The van der Waals surface area contributed by atoms with E-state index >= 15 is 0 Å². The third-order valence-corrected chi connectivity index (χ3v) is 2.44. The Morgan fingerprint density at radius 3 is 3.00 bits per heavy atom. The van der Waals surface area contributed by atoms with Crippen LogP contribution < -0.4 is 5.56 Å². The van der Waals surface area contributed by atoms with Crippen LogP contribution in [0.3, 0.4) is 0 Å². The summed E-state index contributed by atoms with van der Waals surface area (Å²) in [6.07, 6.45) is 9.76. The Bertz CT molecular complexity index is 732. The van der Waals surface area contributed by atoms with Gasteiger partial charge < -0.3 is 4.74 Å². The van der Waals surface area contributed by atoms with Gasteiger partial charge >= 0.3 is 5.97 Å². The molecule has 0 radical (unpaired) electrons. The maximum atomic E-state index is 11.8. The summed E-state index contributed by atoms with van der Waals surface area (Å²) in [4.78, 5) is 27.3. The summed E-state index contributed by atoms with van der Waals surface area (Å²) in [5.41, 5.74) is 0.898. The molecule has 0 spiro atoms. The van der Waals surface area contributed by atoms with Crippen LogP contribution in [0.25, 0.3) is 5.82 Å². The van der Waals surface area contributed by atoms with Crippen LogP contribution in [0.4, 0.5) is 0 Å². The highest BCUT2D eigenvalue weighted by molar-refractivity contribution is 5.90. The summed E-state index contributed by atoms with van der Waals surface area (Å²) in [6, 6.07) is 6.04. The number of carbonyl (C=O) groups is 1. The first-order valence-electron chi connectivity index (χ1n) is 5.44. The first kappa shape index (κ1) is 12.6. The second kappa shape index (κ2) is 5.19. The van der Waals surface area contributed by atoms with Gasteiger partial charge in [-0.3, -0.25) is 9.36 Å². The number of pyridine rings is 2. The lowest BCUT2D eigenvalue weighted by atomic mass is 10.2. The molecule has 0 unspecified atom stereocenters. The smallest absolute Gasteiger partial charge is 0.352 e. The zero-order valence-corrected chi connectivity index (χ0v) is 10.2. The van der Waals surface area contributed by atoms with Crippen LogP contribution in [0.2, 0.25) is 0 Å². The molecule has 5 heteroatoms. The van der Waals surface area contributed by atoms with Crippen molar-refractivity contribution in [1.82, 2.24) is 9.55 Å². The van der Waals surface area contributed by atoms with Gasteiger partial charge in [0.05, 0.1) is 5.56 Å². The van der Waals surface area contributed by atoms with Crippen molar-refractivity contribution >= 4 is 5.97 Å². The van der Waals surface area contributed by atoms with E-state index in [1.807, 2.05) is 13.0 Å². The van der Waals surface area contributed by atoms with Crippen molar-refractivity contribution in [2.75, 3.05) is 0 Å². The van der Waals surface area contributed by atoms with Gasteiger partial charge in [0.15, 0.2) is 0 Å². The number of nitrogens with zero attached hydrogens (tertiary/aromatic N) is 2. The van der Waals surface area contributed by atoms with E-state index in [4.69, 9.17) is 6.42 Å². The fourth-order valence-electron chi connectivity index (χ4n) is 1.56. The molecule has 2 heterocycles. The van der Waals surface area contributed by atoms with E-state index < -0.39 is 5.97 Å². The molecule has 5 nitrogen and oxygen atoms in total. The number of ether oxygens (including phenoxy) is 1. The minimum Gasteiger partial charge on any atom is -0.369 e. The summed E-state index contributed by atoms with van der Waals surface area (Å²) < 4.78 is 5.80. The molecule has 0 aliphatic carbocycles. The van der Waals surface area contributed by atoms with Crippen LogP contribution in [-0.4, -0.2) is 15.5 Å². The normalized spacial score (nSPS) is 9.68. The number of esters is 1. The lowest BCUT2D eigenvalue weighted by Gasteiger charge is -2.06. The van der Waals surface area contributed by atoms with Gasteiger partial charge in [-0.2, -0.15) is 0 Å². The van der Waals surface area contributed by atoms with Gasteiger partial charge in [-0.15, -0.1) is 0 Å². The van der Waals surface area contributed by atoms with Gasteiger partial charge in [-0.1, -0.05) is 12.5 Å². The molecular weight excluding hydrogens is 244 g/mol. The number of aryl methyl sites for hydroxylation is 1. The molecule has 0 amide bonds. The molecule has 2 aromatic rings. The zero-order valence-electron chi connectivity index (χ0n) is 10.2. The Morgan fingerprint density at radius 1 is 1.47 bits per heavy atom. The largest absolute Gasteiger partial charge is 0.369 e. The monoisotopic (exact) mass is 256 g/mol. The van der Waals surface area contributed by atoms with Crippen LogP contribution in [0, 0.1) is 19.5 Å². The van der Waals surface area contributed by atoms with Crippen molar-refractivity contribution in [3.8, 4) is 18.3 Å². The SMILES string of the molecule is C#COC(=O)c1ccnc(-n2cc(C)ccc2=O)c1.[HH]. The van der Waals surface area contributed by atoms with Gasteiger partial charge in [0.2, 0.25) is 0 Å². The Hall–Kier alpha value is -2.87.